The second-order valence-corrected chi connectivity index (χ2v) is 8.78. The molecule has 0 bridgehead atoms. The molecular weight excluding hydrogens is 382 g/mol. The average molecular weight is 414 g/mol. The van der Waals surface area contributed by atoms with Crippen molar-refractivity contribution in [3.63, 3.8) is 0 Å². The molecule has 2 aromatic rings. The van der Waals surface area contributed by atoms with Gasteiger partial charge in [0, 0.05) is 56.8 Å². The summed E-state index contributed by atoms with van der Waals surface area (Å²) in [6.45, 7) is 4.84. The van der Waals surface area contributed by atoms with Gasteiger partial charge in [0.1, 0.15) is 5.75 Å². The van der Waals surface area contributed by atoms with E-state index in [1.54, 1.807) is 23.9 Å². The number of amides is 1. The SMILES string of the molecule is CN1CCN(c2ccccc2CN(C)C(=O)CCCSc2ccc(O)cc2)CC1. The van der Waals surface area contributed by atoms with E-state index in [0.717, 1.165) is 43.2 Å². The molecule has 0 radical (unpaired) electrons. The summed E-state index contributed by atoms with van der Waals surface area (Å²) in [5, 5.41) is 9.33. The lowest BCUT2D eigenvalue weighted by atomic mass is 10.1. The Labute approximate surface area is 178 Å². The number of phenolic OH excluding ortho intramolecular Hbond substituents is 1. The molecule has 2 aromatic carbocycles. The smallest absolute Gasteiger partial charge is 0.222 e. The van der Waals surface area contributed by atoms with Crippen molar-refractivity contribution in [3.8, 4) is 5.75 Å². The zero-order valence-electron chi connectivity index (χ0n) is 17.4. The summed E-state index contributed by atoms with van der Waals surface area (Å²) in [6, 6.07) is 15.6. The van der Waals surface area contributed by atoms with Crippen LogP contribution < -0.4 is 4.90 Å². The lowest BCUT2D eigenvalue weighted by Gasteiger charge is -2.35. The van der Waals surface area contributed by atoms with Crippen molar-refractivity contribution in [2.24, 2.45) is 0 Å². The third-order valence-electron chi connectivity index (χ3n) is 5.31. The largest absolute Gasteiger partial charge is 0.508 e. The molecule has 0 unspecified atom stereocenters. The molecule has 6 heteroatoms. The zero-order valence-corrected chi connectivity index (χ0v) is 18.2. The molecule has 0 spiro atoms. The molecule has 0 aromatic heterocycles. The van der Waals surface area contributed by atoms with Gasteiger partial charge in [0.2, 0.25) is 5.91 Å². The Balaban J connectivity index is 1.47. The molecule has 1 fully saturated rings. The highest BCUT2D eigenvalue weighted by atomic mass is 32.2. The molecule has 1 heterocycles. The number of carbonyl (C=O) groups excluding carboxylic acids is 1. The Hall–Kier alpha value is -2.18. The fourth-order valence-corrected chi connectivity index (χ4v) is 4.34. The van der Waals surface area contributed by atoms with Crippen LogP contribution in [0, 0.1) is 0 Å². The van der Waals surface area contributed by atoms with Gasteiger partial charge in [-0.1, -0.05) is 18.2 Å². The van der Waals surface area contributed by atoms with Crippen LogP contribution in [0.3, 0.4) is 0 Å². The van der Waals surface area contributed by atoms with Gasteiger partial charge in [0.05, 0.1) is 0 Å². The maximum Gasteiger partial charge on any atom is 0.222 e. The maximum absolute atomic E-state index is 12.6. The second kappa shape index (κ2) is 10.6. The molecule has 1 N–H and O–H groups in total. The number of hydrogen-bond donors (Lipinski definition) is 1. The number of likely N-dealkylation sites (N-methyl/N-ethyl adjacent to an activating group) is 1. The van der Waals surface area contributed by atoms with Crippen LogP contribution in [0.4, 0.5) is 5.69 Å². The van der Waals surface area contributed by atoms with Gasteiger partial charge in [0.25, 0.3) is 0 Å². The molecule has 5 nitrogen and oxygen atoms in total. The molecule has 0 atom stereocenters. The van der Waals surface area contributed by atoms with Crippen molar-refractivity contribution < 1.29 is 9.90 Å². The summed E-state index contributed by atoms with van der Waals surface area (Å²) in [7, 11) is 4.06. The molecule has 3 rings (SSSR count). The maximum atomic E-state index is 12.6. The van der Waals surface area contributed by atoms with E-state index in [0.29, 0.717) is 13.0 Å². The van der Waals surface area contributed by atoms with Gasteiger partial charge in [-0.05, 0) is 55.1 Å². The van der Waals surface area contributed by atoms with Gasteiger partial charge >= 0.3 is 0 Å². The van der Waals surface area contributed by atoms with E-state index in [4.69, 9.17) is 0 Å². The Morgan fingerprint density at radius 1 is 1.07 bits per heavy atom. The van der Waals surface area contributed by atoms with Crippen LogP contribution >= 0.6 is 11.8 Å². The van der Waals surface area contributed by atoms with Crippen molar-refractivity contribution in [2.45, 2.75) is 24.3 Å². The number of benzene rings is 2. The number of carbonyl (C=O) groups is 1. The normalized spacial score (nSPS) is 14.8. The molecule has 29 heavy (non-hydrogen) atoms. The van der Waals surface area contributed by atoms with Crippen LogP contribution in [0.2, 0.25) is 0 Å². The van der Waals surface area contributed by atoms with E-state index in [9.17, 15) is 9.90 Å². The van der Waals surface area contributed by atoms with Crippen molar-refractivity contribution in [1.82, 2.24) is 9.80 Å². The Morgan fingerprint density at radius 3 is 2.48 bits per heavy atom. The van der Waals surface area contributed by atoms with Crippen molar-refractivity contribution in [2.75, 3.05) is 50.9 Å². The molecule has 0 aliphatic carbocycles. The van der Waals surface area contributed by atoms with Crippen molar-refractivity contribution in [1.29, 1.82) is 0 Å². The number of rotatable bonds is 8. The first kappa shape index (κ1) is 21.5. The van der Waals surface area contributed by atoms with Crippen LogP contribution in [0.1, 0.15) is 18.4 Å². The van der Waals surface area contributed by atoms with E-state index in [2.05, 4.69) is 41.1 Å². The lowest BCUT2D eigenvalue weighted by Crippen LogP contribution is -2.45. The van der Waals surface area contributed by atoms with E-state index in [-0.39, 0.29) is 11.7 Å². The Morgan fingerprint density at radius 2 is 1.76 bits per heavy atom. The molecular formula is C23H31N3O2S. The van der Waals surface area contributed by atoms with Crippen LogP contribution in [0.25, 0.3) is 0 Å². The summed E-state index contributed by atoms with van der Waals surface area (Å²) < 4.78 is 0. The zero-order chi connectivity index (χ0) is 20.6. The highest BCUT2D eigenvalue weighted by Gasteiger charge is 2.18. The fraction of sp³-hybridized carbons (Fsp3) is 0.435. The third-order valence-corrected chi connectivity index (χ3v) is 6.41. The first-order valence-corrected chi connectivity index (χ1v) is 11.2. The number of aromatic hydroxyl groups is 1. The Bertz CT molecular complexity index is 789. The van der Waals surface area contributed by atoms with Gasteiger partial charge in [-0.2, -0.15) is 0 Å². The van der Waals surface area contributed by atoms with Gasteiger partial charge in [-0.3, -0.25) is 4.79 Å². The lowest BCUT2D eigenvalue weighted by molar-refractivity contribution is -0.130. The van der Waals surface area contributed by atoms with Gasteiger partial charge < -0.3 is 19.8 Å². The number of thioether (sulfide) groups is 1. The second-order valence-electron chi connectivity index (χ2n) is 7.61. The van der Waals surface area contributed by atoms with Crippen LogP contribution in [0.15, 0.2) is 53.4 Å². The minimum Gasteiger partial charge on any atom is -0.508 e. The summed E-state index contributed by atoms with van der Waals surface area (Å²) in [5.41, 5.74) is 2.47. The topological polar surface area (TPSA) is 47.0 Å². The number of hydrogen-bond acceptors (Lipinski definition) is 5. The Kier molecular flexibility index (Phi) is 7.83. The third kappa shape index (κ3) is 6.41. The molecule has 0 saturated carbocycles. The molecule has 1 aliphatic heterocycles. The van der Waals surface area contributed by atoms with E-state index >= 15 is 0 Å². The predicted molar refractivity (Wildman–Crippen MR) is 121 cm³/mol. The fourth-order valence-electron chi connectivity index (χ4n) is 3.49. The molecule has 1 saturated heterocycles. The first-order chi connectivity index (χ1) is 14.0. The standard InChI is InChI=1S/C23H31N3O2S/c1-24-13-15-26(16-14-24)22-7-4-3-6-19(22)18-25(2)23(28)8-5-17-29-21-11-9-20(27)10-12-21/h3-4,6-7,9-12,27H,5,8,13-18H2,1-2H3. The number of anilines is 1. The molecule has 1 amide bonds. The molecule has 1 aliphatic rings. The van der Waals surface area contributed by atoms with Crippen LogP contribution in [-0.2, 0) is 11.3 Å². The number of piperazine rings is 1. The monoisotopic (exact) mass is 413 g/mol. The highest BCUT2D eigenvalue weighted by Crippen LogP contribution is 2.24. The summed E-state index contributed by atoms with van der Waals surface area (Å²) in [5.74, 6) is 1.36. The van der Waals surface area contributed by atoms with Gasteiger partial charge in [0.15, 0.2) is 0 Å². The van der Waals surface area contributed by atoms with E-state index < -0.39 is 0 Å². The van der Waals surface area contributed by atoms with E-state index in [1.807, 2.05) is 24.1 Å². The number of nitrogens with zero attached hydrogens (tertiary/aromatic N) is 3. The van der Waals surface area contributed by atoms with Crippen LogP contribution in [-0.4, -0.2) is 66.8 Å². The predicted octanol–water partition coefficient (Wildman–Crippen LogP) is 3.67. The van der Waals surface area contributed by atoms with E-state index in [1.165, 1.54) is 11.3 Å². The number of phenols is 1. The molecule has 156 valence electrons. The van der Waals surface area contributed by atoms with Gasteiger partial charge in [-0.25, -0.2) is 0 Å². The summed E-state index contributed by atoms with van der Waals surface area (Å²) >= 11 is 1.72. The highest BCUT2D eigenvalue weighted by molar-refractivity contribution is 7.99. The summed E-state index contributed by atoms with van der Waals surface area (Å²) in [6.07, 6.45) is 1.40. The first-order valence-electron chi connectivity index (χ1n) is 10.2. The minimum absolute atomic E-state index is 0.185. The van der Waals surface area contributed by atoms with Crippen molar-refractivity contribution in [3.05, 3.63) is 54.1 Å². The quantitative estimate of drug-likeness (QED) is 0.528. The van der Waals surface area contributed by atoms with Gasteiger partial charge in [-0.15, -0.1) is 11.8 Å². The average Bonchev–Trinajstić information content (AvgIpc) is 2.73. The summed E-state index contributed by atoms with van der Waals surface area (Å²) in [4.78, 5) is 20.3. The minimum atomic E-state index is 0.185. The number of para-hydroxylation sites is 1. The van der Waals surface area contributed by atoms with Crippen LogP contribution in [0.5, 0.6) is 5.75 Å². The van der Waals surface area contributed by atoms with Crippen molar-refractivity contribution >= 4 is 23.4 Å².